The van der Waals surface area contributed by atoms with Crippen LogP contribution in [0.3, 0.4) is 0 Å². The second-order valence-corrected chi connectivity index (χ2v) is 2.02. The molecular weight excluding hydrogens is 142 g/mol. The minimum Gasteiger partial charge on any atom is -0.466 e. The van der Waals surface area contributed by atoms with Gasteiger partial charge in [0.25, 0.3) is 0 Å². The molecule has 62 valence electrons. The van der Waals surface area contributed by atoms with Gasteiger partial charge in [0, 0.05) is 18.3 Å². The lowest BCUT2D eigenvalue weighted by molar-refractivity contribution is -0.134. The molecule has 0 amide bonds. The highest BCUT2D eigenvalue weighted by molar-refractivity contribution is 5.82. The van der Waals surface area contributed by atoms with Crippen molar-refractivity contribution in [1.29, 1.82) is 0 Å². The van der Waals surface area contributed by atoms with Crippen molar-refractivity contribution in [3.05, 3.63) is 24.4 Å². The highest BCUT2D eigenvalue weighted by Gasteiger charge is 1.93. The Balaban J connectivity index is 3.79. The number of hydrogen-bond donors (Lipinski definition) is 1. The number of hydrogen-bond acceptors (Lipinski definition) is 3. The first kappa shape index (κ1) is 9.75. The Kier molecular flexibility index (Phi) is 4.90. The molecule has 11 heavy (non-hydrogen) atoms. The highest BCUT2D eigenvalue weighted by atomic mass is 16.5. The lowest BCUT2D eigenvalue weighted by Gasteiger charge is -2.00. The van der Waals surface area contributed by atoms with Crippen molar-refractivity contribution >= 4 is 5.97 Å². The van der Waals surface area contributed by atoms with Gasteiger partial charge in [-0.3, -0.25) is 0 Å². The van der Waals surface area contributed by atoms with Crippen LogP contribution in [0.15, 0.2) is 24.4 Å². The van der Waals surface area contributed by atoms with Gasteiger partial charge in [-0.25, -0.2) is 4.79 Å². The van der Waals surface area contributed by atoms with Crippen LogP contribution in [0.5, 0.6) is 0 Å². The molecule has 0 aromatic rings. The topological polar surface area (TPSA) is 38.3 Å². The fraction of sp³-hybridized carbons (Fsp3) is 0.375. The van der Waals surface area contributed by atoms with Gasteiger partial charge < -0.3 is 10.1 Å². The summed E-state index contributed by atoms with van der Waals surface area (Å²) in [6.07, 6.45) is 3.11. The first-order valence-corrected chi connectivity index (χ1v) is 3.31. The molecular formula is C8H13NO2. The minimum absolute atomic E-state index is 0.348. The number of methoxy groups -OCH3 is 1. The molecule has 3 heteroatoms. The molecule has 0 atom stereocenters. The summed E-state index contributed by atoms with van der Waals surface area (Å²) in [5.74, 6) is -0.348. The minimum atomic E-state index is -0.348. The van der Waals surface area contributed by atoms with Crippen LogP contribution in [-0.4, -0.2) is 19.6 Å². The molecule has 1 N–H and O–H groups in total. The van der Waals surface area contributed by atoms with Crippen molar-refractivity contribution < 1.29 is 9.53 Å². The van der Waals surface area contributed by atoms with Crippen molar-refractivity contribution in [3.63, 3.8) is 0 Å². The predicted octanol–water partition coefficient (Wildman–Crippen LogP) is 0.839. The second-order valence-electron chi connectivity index (χ2n) is 2.02. The van der Waals surface area contributed by atoms with Gasteiger partial charge in [-0.05, 0) is 6.92 Å². The molecule has 0 aromatic heterocycles. The summed E-state index contributed by atoms with van der Waals surface area (Å²) in [4.78, 5) is 10.6. The van der Waals surface area contributed by atoms with E-state index in [1.807, 2.05) is 0 Å². The molecule has 0 fully saturated rings. The maximum Gasteiger partial charge on any atom is 0.332 e. The summed E-state index contributed by atoms with van der Waals surface area (Å²) in [5.41, 5.74) is 0.775. The third kappa shape index (κ3) is 5.21. The van der Waals surface area contributed by atoms with Crippen molar-refractivity contribution in [1.82, 2.24) is 5.32 Å². The van der Waals surface area contributed by atoms with Crippen LogP contribution in [0.1, 0.15) is 6.92 Å². The van der Waals surface area contributed by atoms with Crippen LogP contribution in [0.2, 0.25) is 0 Å². The lowest BCUT2D eigenvalue weighted by atomic mass is 10.4. The van der Waals surface area contributed by atoms with E-state index in [1.54, 1.807) is 13.0 Å². The molecule has 0 saturated heterocycles. The van der Waals surface area contributed by atoms with E-state index in [0.29, 0.717) is 6.54 Å². The van der Waals surface area contributed by atoms with Gasteiger partial charge in [0.2, 0.25) is 0 Å². The van der Waals surface area contributed by atoms with Crippen molar-refractivity contribution in [2.24, 2.45) is 0 Å². The molecule has 0 aromatic carbocycles. The lowest BCUT2D eigenvalue weighted by Crippen LogP contribution is -2.12. The normalized spacial score (nSPS) is 10.5. The molecule has 0 saturated carbocycles. The third-order valence-electron chi connectivity index (χ3n) is 1.06. The number of esters is 1. The van der Waals surface area contributed by atoms with E-state index in [1.165, 1.54) is 13.2 Å². The van der Waals surface area contributed by atoms with Gasteiger partial charge >= 0.3 is 5.97 Å². The molecule has 0 rings (SSSR count). The Morgan fingerprint density at radius 2 is 2.36 bits per heavy atom. The van der Waals surface area contributed by atoms with Gasteiger partial charge in [0.15, 0.2) is 0 Å². The summed E-state index contributed by atoms with van der Waals surface area (Å²) in [5, 5.41) is 2.94. The number of carbonyl (C=O) groups excluding carboxylic acids is 1. The predicted molar refractivity (Wildman–Crippen MR) is 44.0 cm³/mol. The average Bonchev–Trinajstić information content (AvgIpc) is 2.00. The van der Waals surface area contributed by atoms with Crippen LogP contribution in [0.25, 0.3) is 0 Å². The molecule has 0 radical (unpaired) electrons. The molecule has 0 heterocycles. The molecule has 3 nitrogen and oxygen atoms in total. The molecule has 0 aliphatic carbocycles. The van der Waals surface area contributed by atoms with E-state index in [9.17, 15) is 4.79 Å². The van der Waals surface area contributed by atoms with Crippen molar-refractivity contribution in [3.8, 4) is 0 Å². The summed E-state index contributed by atoms with van der Waals surface area (Å²) >= 11 is 0. The monoisotopic (exact) mass is 155 g/mol. The van der Waals surface area contributed by atoms with E-state index >= 15 is 0 Å². The molecule has 0 aliphatic rings. The van der Waals surface area contributed by atoms with Gasteiger partial charge in [-0.1, -0.05) is 6.08 Å². The second kappa shape index (κ2) is 5.53. The Labute approximate surface area is 66.7 Å². The molecule has 0 unspecified atom stereocenters. The largest absolute Gasteiger partial charge is 0.466 e. The van der Waals surface area contributed by atoms with Crippen LogP contribution in [0.4, 0.5) is 0 Å². The first-order chi connectivity index (χ1) is 5.20. The number of allylic oxidation sites excluding steroid dienone is 1. The number of nitrogens with one attached hydrogen (secondary N) is 1. The molecule has 0 spiro atoms. The SMILES string of the molecule is C=CCN/C(C)=C\C(=O)OC. The fourth-order valence-electron chi connectivity index (χ4n) is 0.520. The van der Waals surface area contributed by atoms with Crippen molar-refractivity contribution in [2.75, 3.05) is 13.7 Å². The number of ether oxygens (including phenoxy) is 1. The maximum atomic E-state index is 10.6. The summed E-state index contributed by atoms with van der Waals surface area (Å²) in [6, 6.07) is 0. The Morgan fingerprint density at radius 3 is 2.82 bits per heavy atom. The smallest absolute Gasteiger partial charge is 0.332 e. The van der Waals surface area contributed by atoms with Crippen LogP contribution in [-0.2, 0) is 9.53 Å². The Bertz CT molecular complexity index is 173. The van der Waals surface area contributed by atoms with Crippen LogP contribution in [0, 0.1) is 0 Å². The van der Waals surface area contributed by atoms with Gasteiger partial charge in [0.05, 0.1) is 7.11 Å². The van der Waals surface area contributed by atoms with Gasteiger partial charge in [0.1, 0.15) is 0 Å². The molecule has 0 bridgehead atoms. The summed E-state index contributed by atoms with van der Waals surface area (Å²) in [6.45, 7) is 5.97. The Morgan fingerprint density at radius 1 is 1.73 bits per heavy atom. The van der Waals surface area contributed by atoms with E-state index in [2.05, 4.69) is 16.6 Å². The third-order valence-corrected chi connectivity index (χ3v) is 1.06. The zero-order valence-corrected chi connectivity index (χ0v) is 6.89. The summed E-state index contributed by atoms with van der Waals surface area (Å²) < 4.78 is 4.42. The van der Waals surface area contributed by atoms with Crippen LogP contribution < -0.4 is 5.32 Å². The Hall–Kier alpha value is -1.25. The fourth-order valence-corrected chi connectivity index (χ4v) is 0.520. The maximum absolute atomic E-state index is 10.6. The quantitative estimate of drug-likeness (QED) is 0.371. The standard InChI is InChI=1S/C8H13NO2/c1-4-5-9-7(2)6-8(10)11-3/h4,6,9H,1,5H2,2-3H3/b7-6-. The van der Waals surface area contributed by atoms with Gasteiger partial charge in [-0.15, -0.1) is 6.58 Å². The highest BCUT2D eigenvalue weighted by Crippen LogP contribution is 1.87. The zero-order valence-electron chi connectivity index (χ0n) is 6.89. The van der Waals surface area contributed by atoms with E-state index in [0.717, 1.165) is 5.70 Å². The van der Waals surface area contributed by atoms with E-state index in [4.69, 9.17) is 0 Å². The van der Waals surface area contributed by atoms with Gasteiger partial charge in [-0.2, -0.15) is 0 Å². The van der Waals surface area contributed by atoms with E-state index in [-0.39, 0.29) is 5.97 Å². The average molecular weight is 155 g/mol. The zero-order chi connectivity index (χ0) is 8.69. The van der Waals surface area contributed by atoms with Crippen LogP contribution >= 0.6 is 0 Å². The number of carbonyl (C=O) groups is 1. The first-order valence-electron chi connectivity index (χ1n) is 3.31. The summed E-state index contributed by atoms with van der Waals surface area (Å²) in [7, 11) is 1.35. The van der Waals surface area contributed by atoms with E-state index < -0.39 is 0 Å². The van der Waals surface area contributed by atoms with Crippen molar-refractivity contribution in [2.45, 2.75) is 6.92 Å². The number of rotatable bonds is 4. The molecule has 0 aliphatic heterocycles.